The Balaban J connectivity index is 2.13. The molecule has 8 nitrogen and oxygen atoms in total. The second-order valence-corrected chi connectivity index (χ2v) is 5.55. The van der Waals surface area contributed by atoms with Gasteiger partial charge >= 0.3 is 5.97 Å². The third kappa shape index (κ3) is 1.44. The lowest BCUT2D eigenvalue weighted by Crippen LogP contribution is -2.81. The van der Waals surface area contributed by atoms with E-state index in [0.29, 0.717) is 6.42 Å². The highest BCUT2D eigenvalue weighted by Gasteiger charge is 2.67. The molecule has 3 rings (SSSR count). The van der Waals surface area contributed by atoms with Crippen LogP contribution in [0.3, 0.4) is 0 Å². The van der Waals surface area contributed by atoms with Gasteiger partial charge in [-0.15, -0.1) is 0 Å². The molecule has 2 bridgehead atoms. The van der Waals surface area contributed by atoms with E-state index in [-0.39, 0.29) is 11.9 Å². The second-order valence-electron chi connectivity index (χ2n) is 5.55. The van der Waals surface area contributed by atoms with Crippen molar-refractivity contribution in [3.8, 4) is 0 Å². The summed E-state index contributed by atoms with van der Waals surface area (Å²) in [7, 11) is 0. The van der Waals surface area contributed by atoms with Gasteiger partial charge in [-0.25, -0.2) is 9.79 Å². The fourth-order valence-electron chi connectivity index (χ4n) is 3.56. The van der Waals surface area contributed by atoms with Gasteiger partial charge in [0.2, 0.25) is 0 Å². The van der Waals surface area contributed by atoms with Gasteiger partial charge in [0.15, 0.2) is 18.3 Å². The Morgan fingerprint density at radius 2 is 2.16 bits per heavy atom. The van der Waals surface area contributed by atoms with Crippen LogP contribution >= 0.6 is 0 Å². The Morgan fingerprint density at radius 1 is 1.47 bits per heavy atom. The van der Waals surface area contributed by atoms with Crippen LogP contribution in [0.25, 0.3) is 0 Å². The van der Waals surface area contributed by atoms with Gasteiger partial charge in [-0.2, -0.15) is 0 Å². The van der Waals surface area contributed by atoms with Crippen molar-refractivity contribution in [1.82, 2.24) is 5.32 Å². The molecule has 0 aromatic carbocycles. The molecule has 0 unspecified atom stereocenters. The van der Waals surface area contributed by atoms with Gasteiger partial charge in [-0.1, -0.05) is 6.92 Å². The summed E-state index contributed by atoms with van der Waals surface area (Å²) in [5.41, 5.74) is 4.14. The molecule has 2 heterocycles. The maximum absolute atomic E-state index is 11.8. The Kier molecular flexibility index (Phi) is 2.54. The minimum Gasteiger partial charge on any atom is -0.457 e. The first kappa shape index (κ1) is 12.6. The van der Waals surface area contributed by atoms with Crippen LogP contribution in [0.4, 0.5) is 0 Å². The highest BCUT2D eigenvalue weighted by Crippen LogP contribution is 2.47. The molecule has 7 atom stereocenters. The van der Waals surface area contributed by atoms with E-state index < -0.39 is 42.0 Å². The number of aliphatic hydroxyl groups excluding tert-OH is 3. The molecule has 1 spiro atoms. The second kappa shape index (κ2) is 3.81. The summed E-state index contributed by atoms with van der Waals surface area (Å²) in [4.78, 5) is 15.6. The highest BCUT2D eigenvalue weighted by atomic mass is 16.6. The number of hydrogen-bond acceptors (Lipinski definition) is 8. The average Bonchev–Trinajstić information content (AvgIpc) is 2.33. The summed E-state index contributed by atoms with van der Waals surface area (Å²) >= 11 is 0. The number of ether oxygens (including phenoxy) is 1. The third-order valence-electron chi connectivity index (χ3n) is 4.50. The summed E-state index contributed by atoms with van der Waals surface area (Å²) in [6, 6.07) is 0. The van der Waals surface area contributed by atoms with E-state index in [9.17, 15) is 20.1 Å². The van der Waals surface area contributed by atoms with Crippen LogP contribution in [0.5, 0.6) is 0 Å². The number of nitrogens with two attached hydrogens (primary N) is 1. The van der Waals surface area contributed by atoms with Crippen molar-refractivity contribution in [3.05, 3.63) is 0 Å². The molecular weight excluding hydrogens is 254 g/mol. The van der Waals surface area contributed by atoms with Crippen molar-refractivity contribution in [1.29, 1.82) is 0 Å². The number of hydrogen-bond donors (Lipinski definition) is 5. The lowest BCUT2D eigenvalue weighted by molar-refractivity contribution is -0.235. The molecule has 0 aromatic rings. The zero-order valence-corrected chi connectivity index (χ0v) is 10.4. The van der Waals surface area contributed by atoms with Gasteiger partial charge in [-0.3, -0.25) is 0 Å². The first-order valence-corrected chi connectivity index (χ1v) is 6.24. The van der Waals surface area contributed by atoms with Crippen molar-refractivity contribution < 1.29 is 24.9 Å². The van der Waals surface area contributed by atoms with Crippen LogP contribution in [0.1, 0.15) is 13.3 Å². The zero-order valence-electron chi connectivity index (χ0n) is 10.4. The number of rotatable bonds is 0. The number of carbonyl (C=O) groups excluding carboxylic acids is 1. The van der Waals surface area contributed by atoms with Gasteiger partial charge in [0.25, 0.3) is 0 Å². The maximum Gasteiger partial charge on any atom is 0.337 e. The van der Waals surface area contributed by atoms with E-state index in [1.165, 1.54) is 0 Å². The number of aliphatic imine (C=N–C) groups is 1. The first-order chi connectivity index (χ1) is 8.87. The number of nitrogens with zero attached hydrogens (tertiary/aromatic N) is 1. The lowest BCUT2D eigenvalue weighted by Gasteiger charge is -2.58. The van der Waals surface area contributed by atoms with E-state index >= 15 is 0 Å². The average molecular weight is 271 g/mol. The maximum atomic E-state index is 11.8. The first-order valence-electron chi connectivity index (χ1n) is 6.24. The van der Waals surface area contributed by atoms with E-state index in [2.05, 4.69) is 10.3 Å². The molecule has 106 valence electrons. The normalized spacial score (nSPS) is 52.6. The molecule has 8 heteroatoms. The predicted octanol–water partition coefficient (Wildman–Crippen LogP) is -2.74. The molecule has 2 aliphatic heterocycles. The highest BCUT2D eigenvalue weighted by molar-refractivity contribution is 5.84. The number of carbonyl (C=O) groups is 1. The molecule has 3 aliphatic rings. The van der Waals surface area contributed by atoms with E-state index in [0.717, 1.165) is 0 Å². The van der Waals surface area contributed by atoms with Gasteiger partial charge in [0, 0.05) is 5.92 Å². The molecule has 19 heavy (non-hydrogen) atoms. The molecule has 0 radical (unpaired) electrons. The largest absolute Gasteiger partial charge is 0.457 e. The van der Waals surface area contributed by atoms with Crippen molar-refractivity contribution in [2.75, 3.05) is 0 Å². The summed E-state index contributed by atoms with van der Waals surface area (Å²) in [5, 5.41) is 33.3. The van der Waals surface area contributed by atoms with Gasteiger partial charge in [-0.05, 0) is 12.3 Å². The van der Waals surface area contributed by atoms with Gasteiger partial charge in [0.05, 0.1) is 0 Å². The van der Waals surface area contributed by atoms with E-state index in [1.54, 1.807) is 0 Å². The molecular formula is C11H17N3O5. The molecule has 0 amide bonds. The Hall–Kier alpha value is -1.38. The van der Waals surface area contributed by atoms with Crippen LogP contribution in [-0.2, 0) is 9.53 Å². The van der Waals surface area contributed by atoms with E-state index in [1.807, 2.05) is 6.92 Å². The third-order valence-corrected chi connectivity index (χ3v) is 4.50. The fourth-order valence-corrected chi connectivity index (χ4v) is 3.56. The Labute approximate surface area is 109 Å². The summed E-state index contributed by atoms with van der Waals surface area (Å²) < 4.78 is 5.07. The standard InChI is InChI=1S/C11H17N3O5/c1-3-2-4-8(17)13-10(12)14-11(4)6(15)5(3)19-9(18)7(11)16/h3-8,15-17H,2H2,1H3,(H3,12,13,14)/t3-,4+,5-,6-,7-,8-,11-/m1/s1. The molecule has 2 fully saturated rings. The van der Waals surface area contributed by atoms with Crippen LogP contribution < -0.4 is 11.1 Å². The molecule has 1 saturated carbocycles. The van der Waals surface area contributed by atoms with Crippen LogP contribution in [0, 0.1) is 11.8 Å². The minimum atomic E-state index is -1.60. The van der Waals surface area contributed by atoms with Crippen LogP contribution in [0.2, 0.25) is 0 Å². The summed E-state index contributed by atoms with van der Waals surface area (Å²) in [6.45, 7) is 1.82. The Bertz CT molecular complexity index is 456. The smallest absolute Gasteiger partial charge is 0.337 e. The predicted molar refractivity (Wildman–Crippen MR) is 62.7 cm³/mol. The molecule has 6 N–H and O–H groups in total. The van der Waals surface area contributed by atoms with Crippen molar-refractivity contribution in [2.24, 2.45) is 22.6 Å². The van der Waals surface area contributed by atoms with Crippen molar-refractivity contribution in [3.63, 3.8) is 0 Å². The van der Waals surface area contributed by atoms with Crippen LogP contribution in [0.15, 0.2) is 4.99 Å². The zero-order chi connectivity index (χ0) is 13.9. The van der Waals surface area contributed by atoms with E-state index in [4.69, 9.17) is 10.5 Å². The minimum absolute atomic E-state index is 0.107. The van der Waals surface area contributed by atoms with Gasteiger partial charge in [0.1, 0.15) is 17.7 Å². The fraction of sp³-hybridized carbons (Fsp3) is 0.818. The van der Waals surface area contributed by atoms with Gasteiger partial charge < -0.3 is 31.1 Å². The number of esters is 1. The monoisotopic (exact) mass is 271 g/mol. The van der Waals surface area contributed by atoms with Crippen molar-refractivity contribution >= 4 is 11.9 Å². The number of nitrogens with one attached hydrogen (secondary N) is 1. The molecule has 0 aromatic heterocycles. The quantitative estimate of drug-likeness (QED) is 0.301. The topological polar surface area (TPSA) is 137 Å². The number of fused-ring (bicyclic) bond motifs is 1. The SMILES string of the molecule is C[C@@H]1C[C@H]2[C@@H](O)N=C(N)N[C@]23[C@H](O)C(=O)O[C@H]1[C@H]3O. The summed E-state index contributed by atoms with van der Waals surface area (Å²) in [6.07, 6.45) is -4.19. The summed E-state index contributed by atoms with van der Waals surface area (Å²) in [5.74, 6) is -1.68. The Morgan fingerprint density at radius 3 is 2.84 bits per heavy atom. The number of guanidine groups is 1. The van der Waals surface area contributed by atoms with Crippen LogP contribution in [-0.4, -0.2) is 57.3 Å². The lowest BCUT2D eigenvalue weighted by atomic mass is 9.61. The molecule has 1 aliphatic carbocycles. The molecule has 1 saturated heterocycles. The number of aliphatic hydroxyl groups is 3. The van der Waals surface area contributed by atoms with Crippen molar-refractivity contribution in [2.45, 2.75) is 43.4 Å².